The predicted molar refractivity (Wildman–Crippen MR) is 145 cm³/mol. The van der Waals surface area contributed by atoms with Gasteiger partial charge in [0.1, 0.15) is 12.0 Å². The Hall–Kier alpha value is -2.32. The highest BCUT2D eigenvalue weighted by molar-refractivity contribution is 8.11. The van der Waals surface area contributed by atoms with Crippen LogP contribution in [0.4, 0.5) is 4.39 Å². The molecule has 1 heterocycles. The van der Waals surface area contributed by atoms with E-state index in [0.717, 1.165) is 36.0 Å². The van der Waals surface area contributed by atoms with Crippen molar-refractivity contribution < 1.29 is 13.9 Å². The van der Waals surface area contributed by atoms with Gasteiger partial charge in [0.15, 0.2) is 0 Å². The van der Waals surface area contributed by atoms with Crippen LogP contribution in [-0.4, -0.2) is 6.29 Å². The molecule has 3 unspecified atom stereocenters. The molecule has 0 fully saturated rings. The number of nitrogens with zero attached hydrogens (tertiary/aromatic N) is 1. The van der Waals surface area contributed by atoms with Crippen LogP contribution in [0.1, 0.15) is 91.2 Å². The molecule has 35 heavy (non-hydrogen) atoms. The summed E-state index contributed by atoms with van der Waals surface area (Å²) in [5.41, 5.74) is 2.57. The smallest absolute Gasteiger partial charge is 0.270 e. The summed E-state index contributed by atoms with van der Waals surface area (Å²) in [6.07, 6.45) is 9.87. The third-order valence-electron chi connectivity index (χ3n) is 6.82. The first-order chi connectivity index (χ1) is 16.5. The zero-order valence-corrected chi connectivity index (χ0v) is 22.9. The van der Waals surface area contributed by atoms with Crippen LogP contribution >= 0.6 is 11.8 Å². The summed E-state index contributed by atoms with van der Waals surface area (Å²) < 4.78 is 18.8. The molecule has 3 nitrogen and oxygen atoms in total. The lowest BCUT2D eigenvalue weighted by Gasteiger charge is -2.32. The lowest BCUT2D eigenvalue weighted by Crippen LogP contribution is -2.20. The van der Waals surface area contributed by atoms with Gasteiger partial charge in [0.25, 0.3) is 6.01 Å². The number of carbonyl (C=O) groups is 1. The molecule has 3 atom stereocenters. The van der Waals surface area contributed by atoms with Gasteiger partial charge in [-0.2, -0.15) is 9.65 Å². The number of unbranched alkanes of at least 4 members (excludes halogenated alkanes) is 1. The van der Waals surface area contributed by atoms with E-state index in [0.29, 0.717) is 22.8 Å². The quantitative estimate of drug-likeness (QED) is 0.213. The van der Waals surface area contributed by atoms with Crippen LogP contribution in [0, 0.1) is 34.5 Å². The highest BCUT2D eigenvalue weighted by Crippen LogP contribution is 2.49. The Balaban J connectivity index is 2.35. The van der Waals surface area contributed by atoms with Crippen molar-refractivity contribution in [2.45, 2.75) is 80.1 Å². The number of rotatable bonds is 12. The van der Waals surface area contributed by atoms with Gasteiger partial charge in [0, 0.05) is 16.4 Å². The molecule has 0 spiro atoms. The van der Waals surface area contributed by atoms with Crippen molar-refractivity contribution in [2.24, 2.45) is 23.2 Å². The van der Waals surface area contributed by atoms with Gasteiger partial charge < -0.3 is 9.53 Å². The number of thioether (sulfide) groups is 1. The summed E-state index contributed by atoms with van der Waals surface area (Å²) in [5, 5.41) is 9.42. The molecule has 1 aliphatic rings. The van der Waals surface area contributed by atoms with Crippen molar-refractivity contribution in [3.8, 4) is 11.8 Å². The van der Waals surface area contributed by atoms with E-state index < -0.39 is 6.01 Å². The molecule has 0 bridgehead atoms. The molecule has 0 N–H and O–H groups in total. The van der Waals surface area contributed by atoms with E-state index in [1.807, 2.05) is 6.92 Å². The monoisotopic (exact) mass is 497 g/mol. The van der Waals surface area contributed by atoms with Crippen molar-refractivity contribution in [3.05, 3.63) is 58.5 Å². The molecular formula is C30H40FNO2S. The number of hydrogen-bond acceptors (Lipinski definition) is 4. The lowest BCUT2D eigenvalue weighted by molar-refractivity contribution is -0.109. The second kappa shape index (κ2) is 13.1. The molecule has 0 radical (unpaired) electrons. The average molecular weight is 498 g/mol. The average Bonchev–Trinajstić information content (AvgIpc) is 2.79. The topological polar surface area (TPSA) is 50.1 Å². The van der Waals surface area contributed by atoms with Crippen LogP contribution in [0.2, 0.25) is 0 Å². The molecule has 1 aliphatic heterocycles. The van der Waals surface area contributed by atoms with Crippen LogP contribution in [0.15, 0.2) is 47.3 Å². The molecular weight excluding hydrogens is 457 g/mol. The van der Waals surface area contributed by atoms with Gasteiger partial charge in [-0.25, -0.2) is 0 Å². The number of hydrogen-bond donors (Lipinski definition) is 0. The fourth-order valence-electron chi connectivity index (χ4n) is 4.85. The fourth-order valence-corrected chi connectivity index (χ4v) is 6.39. The molecule has 1 aromatic rings. The van der Waals surface area contributed by atoms with Crippen molar-refractivity contribution in [1.82, 2.24) is 0 Å². The van der Waals surface area contributed by atoms with Crippen molar-refractivity contribution >= 4 is 23.0 Å². The van der Waals surface area contributed by atoms with Gasteiger partial charge in [-0.3, -0.25) is 0 Å². The van der Waals surface area contributed by atoms with Gasteiger partial charge in [-0.05, 0) is 78.2 Å². The standard InChI is InChI=1S/C30H40FNO2S/c1-8-9-11-24(30(5,6)7)12-10-13-27-29(21(3)19-33)20(2)16-28(35-27)25-17-23(18-32)14-15-26(25)34-22(4)31/h14-17,19-21,24H,4,8-13H2,1-3,5-7H3. The van der Waals surface area contributed by atoms with Crippen LogP contribution < -0.4 is 4.74 Å². The Bertz CT molecular complexity index is 1010. The number of halogens is 1. The van der Waals surface area contributed by atoms with Crippen LogP contribution in [0.25, 0.3) is 4.91 Å². The molecule has 0 saturated heterocycles. The van der Waals surface area contributed by atoms with Crippen molar-refractivity contribution in [1.29, 1.82) is 5.26 Å². The summed E-state index contributed by atoms with van der Waals surface area (Å²) >= 11 is 1.62. The van der Waals surface area contributed by atoms with E-state index >= 15 is 0 Å². The minimum atomic E-state index is -0.892. The number of allylic oxidation sites excluding steroid dienone is 3. The number of aldehydes is 1. The van der Waals surface area contributed by atoms with Gasteiger partial charge in [0.05, 0.1) is 11.6 Å². The predicted octanol–water partition coefficient (Wildman–Crippen LogP) is 9.21. The summed E-state index contributed by atoms with van der Waals surface area (Å²) in [6.45, 7) is 16.5. The molecule has 2 rings (SSSR count). The first-order valence-electron chi connectivity index (χ1n) is 12.7. The van der Waals surface area contributed by atoms with Crippen molar-refractivity contribution in [3.63, 3.8) is 0 Å². The minimum Gasteiger partial charge on any atom is -0.431 e. The lowest BCUT2D eigenvalue weighted by atomic mass is 9.75. The van der Waals surface area contributed by atoms with E-state index in [9.17, 15) is 14.4 Å². The Morgan fingerprint density at radius 3 is 2.57 bits per heavy atom. The number of ether oxygens (including phenoxy) is 1. The fraction of sp³-hybridized carbons (Fsp3) is 0.533. The van der Waals surface area contributed by atoms with E-state index in [-0.39, 0.29) is 17.3 Å². The van der Waals surface area contributed by atoms with Crippen LogP contribution in [0.3, 0.4) is 0 Å². The van der Waals surface area contributed by atoms with Crippen LogP contribution in [-0.2, 0) is 4.79 Å². The Labute approximate surface area is 215 Å². The highest BCUT2D eigenvalue weighted by Gasteiger charge is 2.28. The maximum absolute atomic E-state index is 13.6. The number of benzene rings is 1. The summed E-state index contributed by atoms with van der Waals surface area (Å²) in [4.78, 5) is 13.9. The van der Waals surface area contributed by atoms with Gasteiger partial charge in [0.2, 0.25) is 0 Å². The normalized spacial score (nSPS) is 17.9. The zero-order valence-electron chi connectivity index (χ0n) is 22.1. The third kappa shape index (κ3) is 8.10. The summed E-state index contributed by atoms with van der Waals surface area (Å²) in [6, 6.07) is 6.22. The number of nitriles is 1. The van der Waals surface area contributed by atoms with E-state index in [2.05, 4.69) is 53.3 Å². The summed E-state index contributed by atoms with van der Waals surface area (Å²) in [7, 11) is 0. The molecule has 1 aromatic carbocycles. The van der Waals surface area contributed by atoms with Crippen molar-refractivity contribution in [2.75, 3.05) is 0 Å². The maximum atomic E-state index is 13.6. The maximum Gasteiger partial charge on any atom is 0.270 e. The van der Waals surface area contributed by atoms with E-state index in [1.165, 1.54) is 24.2 Å². The van der Waals surface area contributed by atoms with Gasteiger partial charge in [-0.15, -0.1) is 0 Å². The molecule has 0 aliphatic carbocycles. The molecule has 0 saturated carbocycles. The largest absolute Gasteiger partial charge is 0.431 e. The Morgan fingerprint density at radius 1 is 1.31 bits per heavy atom. The SMILES string of the molecule is C=C(F)Oc1ccc(C#N)cc1C1=CC(C)C(C(C)C=O)=C(CCCC(CCCC)C(C)(C)C)S1. The molecule has 5 heteroatoms. The first-order valence-corrected chi connectivity index (χ1v) is 13.5. The number of carbonyl (C=O) groups excluding carboxylic acids is 1. The first kappa shape index (κ1) is 28.9. The summed E-state index contributed by atoms with van der Waals surface area (Å²) in [5.74, 6) is 0.864. The van der Waals surface area contributed by atoms with E-state index in [4.69, 9.17) is 4.74 Å². The Kier molecular flexibility index (Phi) is 10.8. The van der Waals surface area contributed by atoms with Gasteiger partial charge in [-0.1, -0.05) is 72.2 Å². The highest BCUT2D eigenvalue weighted by atomic mass is 32.2. The van der Waals surface area contributed by atoms with Gasteiger partial charge >= 0.3 is 0 Å². The molecule has 0 amide bonds. The Morgan fingerprint density at radius 2 is 2.00 bits per heavy atom. The van der Waals surface area contributed by atoms with Crippen LogP contribution in [0.5, 0.6) is 5.75 Å². The molecule has 0 aromatic heterocycles. The zero-order chi connectivity index (χ0) is 26.2. The van der Waals surface area contributed by atoms with E-state index in [1.54, 1.807) is 30.0 Å². The third-order valence-corrected chi connectivity index (χ3v) is 8.09. The second-order valence-corrected chi connectivity index (χ2v) is 11.7. The minimum absolute atomic E-state index is 0.0483. The molecule has 190 valence electrons. The second-order valence-electron chi connectivity index (χ2n) is 10.6.